The number of hydrogen-bond donors (Lipinski definition) is 0. The molecule has 0 spiro atoms. The van der Waals surface area contributed by atoms with Gasteiger partial charge in [0.1, 0.15) is 0 Å². The Labute approximate surface area is 125 Å². The second-order valence-corrected chi connectivity index (χ2v) is 4.74. The molecule has 0 saturated heterocycles. The molecule has 1 aliphatic carbocycles. The zero-order chi connectivity index (χ0) is 16.1. The summed E-state index contributed by atoms with van der Waals surface area (Å²) in [5, 5.41) is 16.4. The molecule has 0 aromatic rings. The first-order valence-electron chi connectivity index (χ1n) is 7.23. The zero-order valence-electron chi connectivity index (χ0n) is 12.6. The number of nitriles is 2. The van der Waals surface area contributed by atoms with Gasteiger partial charge >= 0.3 is 11.9 Å². The second-order valence-electron chi connectivity index (χ2n) is 4.74. The molecule has 0 heterocycles. The Bertz CT molecular complexity index is 403. The minimum Gasteiger partial charge on any atom is -0.466 e. The molecular weight excluding hydrogens is 272 g/mol. The Balaban J connectivity index is 0.000000471. The summed E-state index contributed by atoms with van der Waals surface area (Å²) in [6, 6.07) is 2.26. The van der Waals surface area contributed by atoms with Crippen molar-refractivity contribution in [1.82, 2.24) is 0 Å². The topological polar surface area (TPSA) is 100 Å². The summed E-state index contributed by atoms with van der Waals surface area (Å²) in [7, 11) is 0. The first-order valence-corrected chi connectivity index (χ1v) is 7.23. The molecule has 116 valence electrons. The highest BCUT2D eigenvalue weighted by Gasteiger charge is 2.22. The molecule has 1 aliphatic rings. The van der Waals surface area contributed by atoms with Crippen molar-refractivity contribution in [2.24, 2.45) is 11.8 Å². The van der Waals surface area contributed by atoms with Gasteiger partial charge in [-0.2, -0.15) is 5.26 Å². The minimum atomic E-state index is -0.678. The fourth-order valence-corrected chi connectivity index (χ4v) is 2.00. The minimum absolute atomic E-state index is 0.0369. The largest absolute Gasteiger partial charge is 0.466 e. The van der Waals surface area contributed by atoms with E-state index in [-0.39, 0.29) is 13.0 Å². The van der Waals surface area contributed by atoms with Gasteiger partial charge in [0.05, 0.1) is 25.0 Å². The van der Waals surface area contributed by atoms with E-state index in [2.05, 4.69) is 15.5 Å². The van der Waals surface area contributed by atoms with Crippen molar-refractivity contribution in [3.63, 3.8) is 0 Å². The van der Waals surface area contributed by atoms with Crippen molar-refractivity contribution in [2.75, 3.05) is 6.61 Å². The molecule has 1 atom stereocenters. The summed E-state index contributed by atoms with van der Waals surface area (Å²) in [6.45, 7) is 3.71. The third-order valence-electron chi connectivity index (χ3n) is 3.23. The molecule has 1 rings (SSSR count). The van der Waals surface area contributed by atoms with Gasteiger partial charge in [-0.1, -0.05) is 19.8 Å². The van der Waals surface area contributed by atoms with Gasteiger partial charge in [-0.05, 0) is 26.2 Å². The van der Waals surface area contributed by atoms with Crippen LogP contribution >= 0.6 is 0 Å². The van der Waals surface area contributed by atoms with Crippen LogP contribution in [-0.4, -0.2) is 18.5 Å². The van der Waals surface area contributed by atoms with Crippen molar-refractivity contribution in [3.8, 4) is 12.3 Å². The number of esters is 2. The van der Waals surface area contributed by atoms with Gasteiger partial charge in [0, 0.05) is 5.92 Å². The molecule has 6 heteroatoms. The number of hydrogen-bond acceptors (Lipinski definition) is 6. The Hall–Kier alpha value is -2.08. The normalized spacial score (nSPS) is 14.9. The van der Waals surface area contributed by atoms with E-state index in [0.29, 0.717) is 12.3 Å². The van der Waals surface area contributed by atoms with E-state index in [9.17, 15) is 9.59 Å². The summed E-state index contributed by atoms with van der Waals surface area (Å²) in [4.78, 5) is 22.1. The van der Waals surface area contributed by atoms with Gasteiger partial charge < -0.3 is 9.47 Å². The van der Waals surface area contributed by atoms with Crippen LogP contribution in [0.2, 0.25) is 0 Å². The van der Waals surface area contributed by atoms with Gasteiger partial charge in [-0.25, -0.2) is 0 Å². The Morgan fingerprint density at radius 2 is 1.86 bits per heavy atom. The fraction of sp³-hybridized carbons (Fsp3) is 0.733. The van der Waals surface area contributed by atoms with Crippen LogP contribution in [-0.2, 0) is 19.1 Å². The number of nitrogens with zero attached hydrogens (tertiary/aromatic N) is 2. The molecule has 6 nitrogen and oxygen atoms in total. The molecule has 0 aliphatic heterocycles. The van der Waals surface area contributed by atoms with Crippen molar-refractivity contribution >= 4 is 11.9 Å². The first kappa shape index (κ1) is 18.9. The summed E-state index contributed by atoms with van der Waals surface area (Å²) in [5.74, 6) is -1.31. The van der Waals surface area contributed by atoms with E-state index in [4.69, 9.17) is 10.5 Å². The van der Waals surface area contributed by atoms with Crippen LogP contribution in [0.3, 0.4) is 0 Å². The summed E-state index contributed by atoms with van der Waals surface area (Å²) >= 11 is 0. The van der Waals surface area contributed by atoms with E-state index in [1.54, 1.807) is 13.8 Å². The SMILES string of the molecule is CCOC(=O)CC(CC)C(=O)OC#N.N#CC1CCCC1. The molecule has 0 N–H and O–H groups in total. The molecule has 1 saturated carbocycles. The standard InChI is InChI=1S/C9H13NO4.C6H9N/c1-3-7(9(12)14-6-10)5-8(11)13-4-2;7-5-6-3-1-2-4-6/h7H,3-5H2,1-2H3;6H,1-4H2. The maximum atomic E-state index is 11.1. The smallest absolute Gasteiger partial charge is 0.325 e. The van der Waals surface area contributed by atoms with Gasteiger partial charge in [-0.15, -0.1) is 5.26 Å². The fourth-order valence-electron chi connectivity index (χ4n) is 2.00. The van der Waals surface area contributed by atoms with E-state index in [1.165, 1.54) is 19.1 Å². The van der Waals surface area contributed by atoms with E-state index in [1.807, 2.05) is 0 Å². The van der Waals surface area contributed by atoms with Gasteiger partial charge in [-0.3, -0.25) is 9.59 Å². The lowest BCUT2D eigenvalue weighted by Gasteiger charge is -2.09. The lowest BCUT2D eigenvalue weighted by molar-refractivity contribution is -0.151. The van der Waals surface area contributed by atoms with E-state index < -0.39 is 17.9 Å². The Morgan fingerprint density at radius 3 is 2.24 bits per heavy atom. The third kappa shape index (κ3) is 8.65. The zero-order valence-corrected chi connectivity index (χ0v) is 12.6. The summed E-state index contributed by atoms with van der Waals surface area (Å²) in [5.41, 5.74) is 0. The van der Waals surface area contributed by atoms with Crippen molar-refractivity contribution in [3.05, 3.63) is 0 Å². The van der Waals surface area contributed by atoms with Gasteiger partial charge in [0.25, 0.3) is 6.26 Å². The number of ether oxygens (including phenoxy) is 2. The van der Waals surface area contributed by atoms with Crippen LogP contribution in [0.25, 0.3) is 0 Å². The Kier molecular flexibility index (Phi) is 10.6. The van der Waals surface area contributed by atoms with Crippen molar-refractivity contribution in [1.29, 1.82) is 10.5 Å². The molecule has 0 radical (unpaired) electrons. The summed E-state index contributed by atoms with van der Waals surface area (Å²) in [6.07, 6.45) is 6.54. The van der Waals surface area contributed by atoms with Crippen LogP contribution < -0.4 is 0 Å². The van der Waals surface area contributed by atoms with Crippen LogP contribution in [0.4, 0.5) is 0 Å². The van der Waals surface area contributed by atoms with Crippen LogP contribution in [0.1, 0.15) is 52.4 Å². The summed E-state index contributed by atoms with van der Waals surface area (Å²) < 4.78 is 8.81. The van der Waals surface area contributed by atoms with E-state index >= 15 is 0 Å². The van der Waals surface area contributed by atoms with Gasteiger partial charge in [0.15, 0.2) is 0 Å². The first-order chi connectivity index (χ1) is 10.1. The quantitative estimate of drug-likeness (QED) is 0.570. The van der Waals surface area contributed by atoms with Gasteiger partial charge in [0.2, 0.25) is 0 Å². The average Bonchev–Trinajstić information content (AvgIpc) is 2.99. The highest BCUT2D eigenvalue weighted by atomic mass is 16.5. The monoisotopic (exact) mass is 294 g/mol. The molecule has 0 bridgehead atoms. The molecule has 1 fully saturated rings. The maximum absolute atomic E-state index is 11.1. The predicted molar refractivity (Wildman–Crippen MR) is 74.3 cm³/mol. The highest BCUT2D eigenvalue weighted by Crippen LogP contribution is 2.23. The Morgan fingerprint density at radius 1 is 1.24 bits per heavy atom. The molecule has 21 heavy (non-hydrogen) atoms. The third-order valence-corrected chi connectivity index (χ3v) is 3.23. The predicted octanol–water partition coefficient (Wildman–Crippen LogP) is 2.69. The van der Waals surface area contributed by atoms with Crippen LogP contribution in [0.15, 0.2) is 0 Å². The van der Waals surface area contributed by atoms with E-state index in [0.717, 1.165) is 12.8 Å². The maximum Gasteiger partial charge on any atom is 0.325 e. The molecule has 1 unspecified atom stereocenters. The number of carbonyl (C=O) groups is 2. The number of carbonyl (C=O) groups excluding carboxylic acids is 2. The molecular formula is C15H22N2O4. The van der Waals surface area contributed by atoms with Crippen molar-refractivity contribution < 1.29 is 19.1 Å². The number of rotatable bonds is 5. The van der Waals surface area contributed by atoms with Crippen molar-refractivity contribution in [2.45, 2.75) is 52.4 Å². The molecule has 0 aromatic carbocycles. The highest BCUT2D eigenvalue weighted by molar-refractivity contribution is 5.80. The molecule has 0 amide bonds. The molecule has 0 aromatic heterocycles. The second kappa shape index (κ2) is 11.7. The van der Waals surface area contributed by atoms with Crippen LogP contribution in [0.5, 0.6) is 0 Å². The lowest BCUT2D eigenvalue weighted by Crippen LogP contribution is -2.20. The lowest BCUT2D eigenvalue weighted by atomic mass is 10.0. The average molecular weight is 294 g/mol. The van der Waals surface area contributed by atoms with Crippen LogP contribution in [0, 0.1) is 34.7 Å².